The smallest absolute Gasteiger partial charge is 0.212 e. The van der Waals surface area contributed by atoms with E-state index in [0.29, 0.717) is 13.0 Å². The summed E-state index contributed by atoms with van der Waals surface area (Å²) in [5.41, 5.74) is 0.831. The van der Waals surface area contributed by atoms with Crippen LogP contribution in [0.1, 0.15) is 24.9 Å². The molecule has 1 heterocycles. The minimum absolute atomic E-state index is 0.135. The van der Waals surface area contributed by atoms with Gasteiger partial charge in [0, 0.05) is 17.8 Å². The Kier molecular flexibility index (Phi) is 4.91. The lowest BCUT2D eigenvalue weighted by molar-refractivity contribution is 0.563. The number of H-pyrrole nitrogens is 1. The van der Waals surface area contributed by atoms with Gasteiger partial charge in [-0.3, -0.25) is 5.10 Å². The third kappa shape index (κ3) is 4.30. The Labute approximate surface area is 95.9 Å². The largest absolute Gasteiger partial charge is 0.320 e. The van der Waals surface area contributed by atoms with Crippen LogP contribution in [0.5, 0.6) is 0 Å². The molecule has 0 aliphatic rings. The second-order valence-electron chi connectivity index (χ2n) is 3.65. The van der Waals surface area contributed by atoms with Gasteiger partial charge >= 0.3 is 0 Å². The van der Waals surface area contributed by atoms with Gasteiger partial charge in [0.2, 0.25) is 10.0 Å². The normalized spacial score (nSPS) is 13.9. The summed E-state index contributed by atoms with van der Waals surface area (Å²) < 4.78 is 25.9. The molecule has 0 amide bonds. The van der Waals surface area contributed by atoms with Crippen LogP contribution in [-0.2, 0) is 10.0 Å². The van der Waals surface area contributed by atoms with Crippen LogP contribution in [0.15, 0.2) is 12.4 Å². The molecule has 16 heavy (non-hydrogen) atoms. The SMILES string of the molecule is CNCCCS(=O)(=O)NC(C)c1cn[nH]c1. The topological polar surface area (TPSA) is 86.9 Å². The van der Waals surface area contributed by atoms with Gasteiger partial charge in [0.05, 0.1) is 11.9 Å². The van der Waals surface area contributed by atoms with Gasteiger partial charge in [-0.15, -0.1) is 0 Å². The van der Waals surface area contributed by atoms with Crippen molar-refractivity contribution in [1.29, 1.82) is 0 Å². The van der Waals surface area contributed by atoms with E-state index in [1.807, 2.05) is 0 Å². The zero-order chi connectivity index (χ0) is 12.0. The maximum absolute atomic E-state index is 11.6. The van der Waals surface area contributed by atoms with Crippen LogP contribution in [0.2, 0.25) is 0 Å². The van der Waals surface area contributed by atoms with Crippen molar-refractivity contribution in [1.82, 2.24) is 20.2 Å². The molecule has 0 aliphatic carbocycles. The molecule has 0 fully saturated rings. The van der Waals surface area contributed by atoms with Gasteiger partial charge in [0.15, 0.2) is 0 Å². The van der Waals surface area contributed by atoms with E-state index in [1.165, 1.54) is 0 Å². The molecule has 1 unspecified atom stereocenters. The molecular weight excluding hydrogens is 228 g/mol. The first-order chi connectivity index (χ1) is 7.55. The standard InChI is InChI=1S/C9H18N4O2S/c1-8(9-6-11-12-7-9)13-16(14,15)5-3-4-10-2/h6-8,10,13H,3-5H2,1-2H3,(H,11,12). The summed E-state index contributed by atoms with van der Waals surface area (Å²) in [6, 6.07) is -0.252. The summed E-state index contributed by atoms with van der Waals surface area (Å²) in [5, 5.41) is 9.35. The van der Waals surface area contributed by atoms with Gasteiger partial charge in [-0.2, -0.15) is 5.10 Å². The number of rotatable bonds is 7. The Morgan fingerprint density at radius 2 is 2.31 bits per heavy atom. The molecule has 1 aromatic rings. The van der Waals surface area contributed by atoms with Crippen LogP contribution in [0.25, 0.3) is 0 Å². The summed E-state index contributed by atoms with van der Waals surface area (Å²) in [6.07, 6.45) is 3.89. The fraction of sp³-hybridized carbons (Fsp3) is 0.667. The first-order valence-electron chi connectivity index (χ1n) is 5.18. The maximum Gasteiger partial charge on any atom is 0.212 e. The van der Waals surface area contributed by atoms with E-state index in [2.05, 4.69) is 20.2 Å². The summed E-state index contributed by atoms with van der Waals surface area (Å²) in [6.45, 7) is 2.49. The van der Waals surface area contributed by atoms with Crippen molar-refractivity contribution in [3.8, 4) is 0 Å². The second kappa shape index (κ2) is 5.97. The summed E-state index contributed by atoms with van der Waals surface area (Å²) >= 11 is 0. The molecule has 0 saturated heterocycles. The van der Waals surface area contributed by atoms with Crippen molar-refractivity contribution in [3.63, 3.8) is 0 Å². The predicted octanol–water partition coefficient (Wildman–Crippen LogP) is -0.000400. The summed E-state index contributed by atoms with van der Waals surface area (Å²) in [5.74, 6) is 0.135. The highest BCUT2D eigenvalue weighted by atomic mass is 32.2. The summed E-state index contributed by atoms with van der Waals surface area (Å²) in [7, 11) is -1.41. The quantitative estimate of drug-likeness (QED) is 0.591. The number of hydrogen-bond acceptors (Lipinski definition) is 4. The molecule has 1 atom stereocenters. The number of aromatic amines is 1. The molecule has 0 saturated carbocycles. The minimum atomic E-state index is -3.21. The van der Waals surface area contributed by atoms with Gasteiger partial charge in [0.1, 0.15) is 0 Å². The molecule has 0 aliphatic heterocycles. The van der Waals surface area contributed by atoms with Gasteiger partial charge in [-0.25, -0.2) is 13.1 Å². The maximum atomic E-state index is 11.6. The van der Waals surface area contributed by atoms with Crippen molar-refractivity contribution < 1.29 is 8.42 Å². The van der Waals surface area contributed by atoms with Crippen molar-refractivity contribution in [2.24, 2.45) is 0 Å². The van der Waals surface area contributed by atoms with Crippen molar-refractivity contribution >= 4 is 10.0 Å². The molecule has 1 rings (SSSR count). The number of aromatic nitrogens is 2. The molecule has 7 heteroatoms. The minimum Gasteiger partial charge on any atom is -0.320 e. The second-order valence-corrected chi connectivity index (χ2v) is 5.52. The van der Waals surface area contributed by atoms with Crippen molar-refractivity contribution in [2.75, 3.05) is 19.3 Å². The van der Waals surface area contributed by atoms with Gasteiger partial charge < -0.3 is 5.32 Å². The lowest BCUT2D eigenvalue weighted by atomic mass is 10.2. The Bertz CT molecular complexity index is 388. The highest BCUT2D eigenvalue weighted by Crippen LogP contribution is 2.10. The fourth-order valence-corrected chi connectivity index (χ4v) is 2.65. The third-order valence-electron chi connectivity index (χ3n) is 2.22. The molecule has 6 nitrogen and oxygen atoms in total. The monoisotopic (exact) mass is 246 g/mol. The lowest BCUT2D eigenvalue weighted by Crippen LogP contribution is -2.30. The van der Waals surface area contributed by atoms with Crippen LogP contribution in [0, 0.1) is 0 Å². The van der Waals surface area contributed by atoms with E-state index < -0.39 is 10.0 Å². The molecule has 1 aromatic heterocycles. The van der Waals surface area contributed by atoms with Gasteiger partial charge in [-0.1, -0.05) is 0 Å². The van der Waals surface area contributed by atoms with E-state index >= 15 is 0 Å². The van der Waals surface area contributed by atoms with Crippen LogP contribution in [0.3, 0.4) is 0 Å². The molecule has 92 valence electrons. The van der Waals surface area contributed by atoms with Gasteiger partial charge in [0.25, 0.3) is 0 Å². The Morgan fingerprint density at radius 3 is 2.88 bits per heavy atom. The molecule has 3 N–H and O–H groups in total. The molecule has 0 radical (unpaired) electrons. The number of nitrogens with one attached hydrogen (secondary N) is 3. The Balaban J connectivity index is 2.46. The van der Waals surface area contributed by atoms with Gasteiger partial charge in [-0.05, 0) is 26.9 Å². The average molecular weight is 246 g/mol. The van der Waals surface area contributed by atoms with Crippen LogP contribution in [-0.4, -0.2) is 38.0 Å². The van der Waals surface area contributed by atoms with Crippen LogP contribution in [0.4, 0.5) is 0 Å². The first kappa shape index (κ1) is 13.1. The molecule has 0 spiro atoms. The zero-order valence-electron chi connectivity index (χ0n) is 9.53. The zero-order valence-corrected chi connectivity index (χ0v) is 10.3. The fourth-order valence-electron chi connectivity index (χ4n) is 1.33. The highest BCUT2D eigenvalue weighted by molar-refractivity contribution is 7.89. The number of sulfonamides is 1. The van der Waals surface area contributed by atoms with E-state index in [1.54, 1.807) is 26.4 Å². The highest BCUT2D eigenvalue weighted by Gasteiger charge is 2.15. The van der Waals surface area contributed by atoms with Crippen LogP contribution >= 0.6 is 0 Å². The van der Waals surface area contributed by atoms with E-state index in [4.69, 9.17) is 0 Å². The molecule has 0 aromatic carbocycles. The van der Waals surface area contributed by atoms with Crippen LogP contribution < -0.4 is 10.0 Å². The number of nitrogens with zero attached hydrogens (tertiary/aromatic N) is 1. The molecule has 0 bridgehead atoms. The van der Waals surface area contributed by atoms with E-state index in [9.17, 15) is 8.42 Å². The van der Waals surface area contributed by atoms with E-state index in [0.717, 1.165) is 5.56 Å². The lowest BCUT2D eigenvalue weighted by Gasteiger charge is -2.12. The average Bonchev–Trinajstić information content (AvgIpc) is 2.69. The Morgan fingerprint density at radius 1 is 1.56 bits per heavy atom. The predicted molar refractivity (Wildman–Crippen MR) is 62.5 cm³/mol. The number of hydrogen-bond donors (Lipinski definition) is 3. The first-order valence-corrected chi connectivity index (χ1v) is 6.83. The van der Waals surface area contributed by atoms with Crippen molar-refractivity contribution in [3.05, 3.63) is 18.0 Å². The van der Waals surface area contributed by atoms with Crippen molar-refractivity contribution in [2.45, 2.75) is 19.4 Å². The molecular formula is C9H18N4O2S. The van der Waals surface area contributed by atoms with E-state index in [-0.39, 0.29) is 11.8 Å². The summed E-state index contributed by atoms with van der Waals surface area (Å²) in [4.78, 5) is 0. The Hall–Kier alpha value is -0.920. The third-order valence-corrected chi connectivity index (χ3v) is 3.75.